The fourth-order valence-corrected chi connectivity index (χ4v) is 2.50. The zero-order valence-electron chi connectivity index (χ0n) is 8.63. The second kappa shape index (κ2) is 4.79. The first kappa shape index (κ1) is 11.9. The summed E-state index contributed by atoms with van der Waals surface area (Å²) < 4.78 is 5.32. The summed E-state index contributed by atoms with van der Waals surface area (Å²) in [5, 5.41) is 0. The molecule has 0 aliphatic heterocycles. The average molecular weight is 187 g/mol. The van der Waals surface area contributed by atoms with Gasteiger partial charge in [-0.1, -0.05) is 25.7 Å². The summed E-state index contributed by atoms with van der Waals surface area (Å²) in [5.41, 5.74) is 6.28. The molecule has 3 heteroatoms. The van der Waals surface area contributed by atoms with Gasteiger partial charge in [0.2, 0.25) is 0 Å². The number of rotatable bonds is 5. The molecule has 0 aliphatic rings. The van der Waals surface area contributed by atoms with Crippen LogP contribution in [-0.2, 0) is 4.74 Å². The van der Waals surface area contributed by atoms with Crippen LogP contribution in [0, 0.1) is 0 Å². The normalized spacial score (nSPS) is 17.1. The molecule has 2 unspecified atom stereocenters. The summed E-state index contributed by atoms with van der Waals surface area (Å²) >= 11 is 0. The Labute approximate surface area is 76.8 Å². The maximum Gasteiger partial charge on any atom is 0.0729 e. The molecule has 0 aromatic heterocycles. The molecule has 0 saturated carbocycles. The minimum Gasteiger partial charge on any atom is -0.380 e. The van der Waals surface area contributed by atoms with Crippen molar-refractivity contribution in [3.8, 4) is 0 Å². The third-order valence-electron chi connectivity index (χ3n) is 2.10. The van der Waals surface area contributed by atoms with Crippen molar-refractivity contribution in [1.82, 2.24) is 0 Å². The van der Waals surface area contributed by atoms with Crippen molar-refractivity contribution in [1.29, 1.82) is 0 Å². The third-order valence-corrected chi connectivity index (χ3v) is 4.47. The zero-order valence-corrected chi connectivity index (χ0v) is 9.63. The van der Waals surface area contributed by atoms with Crippen molar-refractivity contribution in [2.45, 2.75) is 37.8 Å². The number of nitrogens with two attached hydrogens (primary N) is 1. The van der Waals surface area contributed by atoms with Gasteiger partial charge in [-0.3, -0.25) is 0 Å². The molecule has 0 aliphatic carbocycles. The molecular formula is C9H21NOSi. The quantitative estimate of drug-likeness (QED) is 0.526. The minimum absolute atomic E-state index is 0.147. The van der Waals surface area contributed by atoms with Crippen molar-refractivity contribution >= 4 is 8.07 Å². The largest absolute Gasteiger partial charge is 0.380 e. The summed E-state index contributed by atoms with van der Waals surface area (Å²) in [4.78, 5) is 0. The van der Waals surface area contributed by atoms with E-state index >= 15 is 0 Å². The van der Waals surface area contributed by atoms with E-state index < -0.39 is 8.07 Å². The van der Waals surface area contributed by atoms with Gasteiger partial charge in [0.05, 0.1) is 14.2 Å². The Hall–Kier alpha value is -0.123. The van der Waals surface area contributed by atoms with E-state index in [0.717, 1.165) is 6.42 Å². The van der Waals surface area contributed by atoms with Crippen LogP contribution in [-0.4, -0.2) is 27.0 Å². The third kappa shape index (κ3) is 3.52. The van der Waals surface area contributed by atoms with E-state index in [2.05, 4.69) is 26.2 Å². The highest BCUT2D eigenvalue weighted by Gasteiger charge is 2.29. The van der Waals surface area contributed by atoms with Gasteiger partial charge in [0.25, 0.3) is 0 Å². The number of hydrogen-bond acceptors (Lipinski definition) is 2. The topological polar surface area (TPSA) is 35.2 Å². The summed E-state index contributed by atoms with van der Waals surface area (Å²) in [6.07, 6.45) is 2.87. The number of hydrogen-bond donors (Lipinski definition) is 1. The Morgan fingerprint density at radius 1 is 1.50 bits per heavy atom. The van der Waals surface area contributed by atoms with E-state index in [1.807, 2.05) is 6.08 Å². The Kier molecular flexibility index (Phi) is 4.75. The molecule has 0 radical (unpaired) electrons. The fraction of sp³-hybridized carbons (Fsp3) is 0.778. The molecule has 0 aromatic carbocycles. The first-order valence-electron chi connectivity index (χ1n) is 4.32. The maximum absolute atomic E-state index is 6.08. The first-order chi connectivity index (χ1) is 5.43. The molecule has 0 amide bonds. The lowest BCUT2D eigenvalue weighted by atomic mass is 10.2. The SMILES string of the molecule is C=CCC(OC)C(N)[Si](C)(C)C. The maximum atomic E-state index is 6.08. The predicted molar refractivity (Wildman–Crippen MR) is 56.9 cm³/mol. The van der Waals surface area contributed by atoms with Gasteiger partial charge in [-0.15, -0.1) is 6.58 Å². The van der Waals surface area contributed by atoms with Crippen LogP contribution in [0.4, 0.5) is 0 Å². The van der Waals surface area contributed by atoms with Crippen molar-refractivity contribution in [2.24, 2.45) is 5.73 Å². The fourth-order valence-electron chi connectivity index (χ4n) is 1.11. The van der Waals surface area contributed by atoms with Gasteiger partial charge in [0.15, 0.2) is 0 Å². The summed E-state index contributed by atoms with van der Waals surface area (Å²) in [7, 11) is 0.440. The smallest absolute Gasteiger partial charge is 0.0729 e. The van der Waals surface area contributed by atoms with Gasteiger partial charge >= 0.3 is 0 Å². The highest BCUT2D eigenvalue weighted by atomic mass is 28.3. The highest BCUT2D eigenvalue weighted by Crippen LogP contribution is 2.13. The first-order valence-corrected chi connectivity index (χ1v) is 7.90. The predicted octanol–water partition coefficient (Wildman–Crippen LogP) is 1.78. The summed E-state index contributed by atoms with van der Waals surface area (Å²) in [6.45, 7) is 10.5. The van der Waals surface area contributed by atoms with Crippen LogP contribution >= 0.6 is 0 Å². The molecule has 0 bridgehead atoms. The molecule has 72 valence electrons. The van der Waals surface area contributed by atoms with Gasteiger partial charge in [-0.2, -0.15) is 0 Å². The Morgan fingerprint density at radius 2 is 2.00 bits per heavy atom. The molecule has 0 saturated heterocycles. The zero-order chi connectivity index (χ0) is 9.78. The molecule has 0 heterocycles. The van der Waals surface area contributed by atoms with Crippen LogP contribution in [0.2, 0.25) is 19.6 Å². The van der Waals surface area contributed by atoms with E-state index in [0.29, 0.717) is 0 Å². The molecule has 0 fully saturated rings. The second-order valence-electron chi connectivity index (χ2n) is 4.19. The van der Waals surface area contributed by atoms with Crippen LogP contribution in [0.5, 0.6) is 0 Å². The van der Waals surface area contributed by atoms with E-state index in [4.69, 9.17) is 10.5 Å². The van der Waals surface area contributed by atoms with E-state index in [9.17, 15) is 0 Å². The van der Waals surface area contributed by atoms with Crippen LogP contribution in [0.25, 0.3) is 0 Å². The Balaban J connectivity index is 4.20. The van der Waals surface area contributed by atoms with Gasteiger partial charge in [0, 0.05) is 12.8 Å². The van der Waals surface area contributed by atoms with Gasteiger partial charge in [-0.25, -0.2) is 0 Å². The van der Waals surface area contributed by atoms with E-state index in [1.54, 1.807) is 7.11 Å². The molecule has 0 aromatic rings. The summed E-state index contributed by atoms with van der Waals surface area (Å²) in [6, 6.07) is 0. The minimum atomic E-state index is -1.28. The van der Waals surface area contributed by atoms with Crippen LogP contribution in [0.1, 0.15) is 6.42 Å². The van der Waals surface area contributed by atoms with Crippen molar-refractivity contribution < 1.29 is 4.74 Å². The molecular weight excluding hydrogens is 166 g/mol. The summed E-state index contributed by atoms with van der Waals surface area (Å²) in [5.74, 6) is 0. The van der Waals surface area contributed by atoms with E-state index in [-0.39, 0.29) is 11.8 Å². The molecule has 0 rings (SSSR count). The van der Waals surface area contributed by atoms with E-state index in [1.165, 1.54) is 0 Å². The van der Waals surface area contributed by atoms with Crippen LogP contribution in [0.15, 0.2) is 12.7 Å². The molecule has 2 nitrogen and oxygen atoms in total. The molecule has 12 heavy (non-hydrogen) atoms. The van der Waals surface area contributed by atoms with Gasteiger partial charge in [0.1, 0.15) is 0 Å². The standard InChI is InChI=1S/C9H21NOSi/c1-6-7-8(11-2)9(10)12(3,4)5/h6,8-9H,1,7,10H2,2-5H3. The monoisotopic (exact) mass is 187 g/mol. The van der Waals surface area contributed by atoms with Gasteiger partial charge < -0.3 is 10.5 Å². The highest BCUT2D eigenvalue weighted by molar-refractivity contribution is 6.77. The molecule has 0 spiro atoms. The van der Waals surface area contributed by atoms with Crippen LogP contribution in [0.3, 0.4) is 0 Å². The van der Waals surface area contributed by atoms with Crippen LogP contribution < -0.4 is 5.73 Å². The lowest BCUT2D eigenvalue weighted by Gasteiger charge is -2.31. The molecule has 2 atom stereocenters. The van der Waals surface area contributed by atoms with Crippen molar-refractivity contribution in [3.05, 3.63) is 12.7 Å². The molecule has 2 N–H and O–H groups in total. The second-order valence-corrected chi connectivity index (χ2v) is 9.59. The van der Waals surface area contributed by atoms with Gasteiger partial charge in [-0.05, 0) is 6.42 Å². The lowest BCUT2D eigenvalue weighted by Crippen LogP contribution is -2.53. The van der Waals surface area contributed by atoms with Crippen molar-refractivity contribution in [3.63, 3.8) is 0 Å². The lowest BCUT2D eigenvalue weighted by molar-refractivity contribution is 0.0999. The van der Waals surface area contributed by atoms with Crippen molar-refractivity contribution in [2.75, 3.05) is 7.11 Å². The number of methoxy groups -OCH3 is 1. The average Bonchev–Trinajstić information content (AvgIpc) is 1.97. The number of ether oxygens (including phenoxy) is 1. The Bertz CT molecular complexity index is 142. The Morgan fingerprint density at radius 3 is 2.25 bits per heavy atom.